The van der Waals surface area contributed by atoms with Crippen LogP contribution in [0.2, 0.25) is 0 Å². The van der Waals surface area contributed by atoms with Crippen LogP contribution in [-0.4, -0.2) is 73.7 Å². The number of anilines is 1. The van der Waals surface area contributed by atoms with Gasteiger partial charge in [0, 0.05) is 6.42 Å². The summed E-state index contributed by atoms with van der Waals surface area (Å²) in [6.45, 7) is -0.946. The highest BCUT2D eigenvalue weighted by atomic mass is 31.3. The van der Waals surface area contributed by atoms with Crippen LogP contribution < -0.4 is 5.73 Å². The van der Waals surface area contributed by atoms with Gasteiger partial charge in [-0.2, -0.15) is 8.62 Å². The number of aliphatic hydroxyl groups excluding tert-OH is 1. The van der Waals surface area contributed by atoms with Gasteiger partial charge in [-0.15, -0.1) is 0 Å². The standard InChI is InChI=1S/C12H18N5O13P3/c13-9-7-10(15-4-14-9)17(5-16-7)12-2-1-11(12,19)8(18)6(28-12)3-27-32(23,24)30-33(25,26)29-31(20,21)22/h4-6,8,18-19H,1-3H2,(H,23,24)(H,25,26)(H2,13,14,15)(H2,20,21,22)/t6-,8-,11-,12-/m1/s1. The van der Waals surface area contributed by atoms with E-state index < -0.39 is 53.6 Å². The van der Waals surface area contributed by atoms with Gasteiger partial charge >= 0.3 is 23.5 Å². The predicted octanol–water partition coefficient (Wildman–Crippen LogP) is -1.31. The Kier molecular flexibility index (Phi) is 5.87. The number of rotatable bonds is 8. The lowest BCUT2D eigenvalue weighted by Crippen LogP contribution is -2.65. The van der Waals surface area contributed by atoms with Gasteiger partial charge in [0.25, 0.3) is 0 Å². The van der Waals surface area contributed by atoms with Crippen molar-refractivity contribution in [2.24, 2.45) is 0 Å². The lowest BCUT2D eigenvalue weighted by molar-refractivity contribution is -0.258. The van der Waals surface area contributed by atoms with Crippen LogP contribution in [-0.2, 0) is 37.3 Å². The molecule has 2 aromatic heterocycles. The van der Waals surface area contributed by atoms with E-state index >= 15 is 0 Å². The lowest BCUT2D eigenvalue weighted by atomic mass is 9.68. The summed E-state index contributed by atoms with van der Waals surface area (Å²) in [5.41, 5.74) is 2.64. The Morgan fingerprint density at radius 1 is 1.12 bits per heavy atom. The zero-order valence-electron chi connectivity index (χ0n) is 16.2. The second-order valence-corrected chi connectivity index (χ2v) is 11.7. The summed E-state index contributed by atoms with van der Waals surface area (Å²) in [4.78, 5) is 47.9. The smallest absolute Gasteiger partial charge is 0.387 e. The summed E-state index contributed by atoms with van der Waals surface area (Å²) in [6, 6.07) is 0. The summed E-state index contributed by atoms with van der Waals surface area (Å²) in [5, 5.41) is 21.7. The lowest BCUT2D eigenvalue weighted by Gasteiger charge is -2.51. The van der Waals surface area contributed by atoms with E-state index in [2.05, 4.69) is 28.1 Å². The SMILES string of the molecule is Nc1ncnc2c1ncn2[C@@]12CC[C@@]1(O)[C@H](O)[C@@H](COP(=O)(O)OP(=O)(O)OP(=O)(O)O)O2. The molecule has 1 saturated carbocycles. The number of hydrogen-bond donors (Lipinski definition) is 7. The highest BCUT2D eigenvalue weighted by molar-refractivity contribution is 7.66. The third kappa shape index (κ3) is 4.28. The number of fused-ring (bicyclic) bond motifs is 2. The van der Waals surface area contributed by atoms with Crippen LogP contribution in [0.15, 0.2) is 12.7 Å². The fourth-order valence-corrected chi connectivity index (χ4v) is 6.89. The highest BCUT2D eigenvalue weighted by Crippen LogP contribution is 2.66. The molecule has 0 amide bonds. The van der Waals surface area contributed by atoms with E-state index in [1.165, 1.54) is 10.9 Å². The van der Waals surface area contributed by atoms with Gasteiger partial charge in [-0.25, -0.2) is 28.6 Å². The van der Waals surface area contributed by atoms with Crippen molar-refractivity contribution in [2.45, 2.75) is 36.4 Å². The van der Waals surface area contributed by atoms with Crippen molar-refractivity contribution in [3.05, 3.63) is 12.7 Å². The Morgan fingerprint density at radius 3 is 2.42 bits per heavy atom. The van der Waals surface area contributed by atoms with Crippen LogP contribution in [0.3, 0.4) is 0 Å². The first-order valence-corrected chi connectivity index (χ1v) is 13.4. The van der Waals surface area contributed by atoms with Crippen molar-refractivity contribution >= 4 is 40.4 Å². The molecule has 2 aliphatic rings. The van der Waals surface area contributed by atoms with Crippen molar-refractivity contribution in [1.82, 2.24) is 19.5 Å². The van der Waals surface area contributed by atoms with Crippen molar-refractivity contribution in [3.8, 4) is 0 Å². The van der Waals surface area contributed by atoms with E-state index in [-0.39, 0.29) is 29.8 Å². The van der Waals surface area contributed by atoms with Crippen molar-refractivity contribution < 1.29 is 61.4 Å². The molecule has 0 aromatic carbocycles. The van der Waals surface area contributed by atoms with Gasteiger partial charge in [0.15, 0.2) is 17.2 Å². The highest BCUT2D eigenvalue weighted by Gasteiger charge is 2.72. The number of aromatic nitrogens is 4. The average Bonchev–Trinajstić information content (AvgIpc) is 3.13. The Labute approximate surface area is 183 Å². The molecule has 0 spiro atoms. The Morgan fingerprint density at radius 2 is 1.82 bits per heavy atom. The molecule has 2 unspecified atom stereocenters. The van der Waals surface area contributed by atoms with E-state index in [4.69, 9.17) is 20.3 Å². The van der Waals surface area contributed by atoms with Crippen molar-refractivity contribution in [1.29, 1.82) is 0 Å². The molecule has 18 nitrogen and oxygen atoms in total. The molecule has 0 bridgehead atoms. The normalized spacial score (nSPS) is 33.3. The number of ether oxygens (including phenoxy) is 1. The Balaban J connectivity index is 1.53. The molecular weight excluding hydrogens is 515 g/mol. The zero-order valence-corrected chi connectivity index (χ0v) is 18.9. The fraction of sp³-hybridized carbons (Fsp3) is 0.583. The molecule has 33 heavy (non-hydrogen) atoms. The molecule has 4 rings (SSSR count). The first kappa shape index (κ1) is 24.8. The van der Waals surface area contributed by atoms with Gasteiger partial charge < -0.3 is 40.3 Å². The topological polar surface area (TPSA) is 279 Å². The number of nitrogens with two attached hydrogens (primary N) is 1. The van der Waals surface area contributed by atoms with Gasteiger partial charge in [-0.05, 0) is 6.42 Å². The van der Waals surface area contributed by atoms with Gasteiger partial charge in [0.05, 0.1) is 12.9 Å². The van der Waals surface area contributed by atoms with Crippen LogP contribution in [0.4, 0.5) is 5.82 Å². The second kappa shape index (κ2) is 7.83. The number of nitrogen functional groups attached to an aromatic ring is 1. The zero-order chi connectivity index (χ0) is 24.4. The van der Waals surface area contributed by atoms with E-state index in [0.29, 0.717) is 0 Å². The number of aliphatic hydroxyl groups is 2. The summed E-state index contributed by atoms with van der Waals surface area (Å²) < 4.78 is 53.0. The van der Waals surface area contributed by atoms with Crippen molar-refractivity contribution in [3.63, 3.8) is 0 Å². The van der Waals surface area contributed by atoms with Crippen LogP contribution >= 0.6 is 23.5 Å². The first-order chi connectivity index (χ1) is 15.1. The number of imidazole rings is 1. The van der Waals surface area contributed by atoms with Gasteiger partial charge in [0.1, 0.15) is 29.7 Å². The van der Waals surface area contributed by atoms with Crippen LogP contribution in [0, 0.1) is 0 Å². The van der Waals surface area contributed by atoms with Crippen LogP contribution in [0.25, 0.3) is 11.2 Å². The molecule has 184 valence electrons. The van der Waals surface area contributed by atoms with Crippen molar-refractivity contribution in [2.75, 3.05) is 12.3 Å². The molecule has 1 saturated heterocycles. The summed E-state index contributed by atoms with van der Waals surface area (Å²) in [5.74, 6) is 0.0563. The number of phosphoric acid groups is 3. The maximum atomic E-state index is 12.0. The summed E-state index contributed by atoms with van der Waals surface area (Å²) in [7, 11) is -16.7. The molecule has 1 aliphatic carbocycles. The van der Waals surface area contributed by atoms with Gasteiger partial charge in [0.2, 0.25) is 0 Å². The molecule has 2 fully saturated rings. The Bertz CT molecular complexity index is 1230. The monoisotopic (exact) mass is 533 g/mol. The number of nitrogens with zero attached hydrogens (tertiary/aromatic N) is 4. The molecule has 21 heteroatoms. The molecule has 6 atom stereocenters. The van der Waals surface area contributed by atoms with E-state index in [9.17, 15) is 33.7 Å². The molecular formula is C12H18N5O13P3. The molecule has 2 aromatic rings. The number of phosphoric ester groups is 1. The molecule has 8 N–H and O–H groups in total. The maximum absolute atomic E-state index is 12.0. The fourth-order valence-electron chi connectivity index (χ4n) is 3.86. The number of hydrogen-bond acceptors (Lipinski definition) is 13. The second-order valence-electron chi connectivity index (χ2n) is 7.24. The Hall–Kier alpha value is -1.36. The molecule has 3 heterocycles. The minimum atomic E-state index is -5.71. The quantitative estimate of drug-likeness (QED) is 0.194. The van der Waals surface area contributed by atoms with E-state index in [1.54, 1.807) is 0 Å². The van der Waals surface area contributed by atoms with E-state index in [0.717, 1.165) is 6.33 Å². The predicted molar refractivity (Wildman–Crippen MR) is 103 cm³/mol. The third-order valence-electron chi connectivity index (χ3n) is 5.28. The van der Waals surface area contributed by atoms with Crippen LogP contribution in [0.1, 0.15) is 12.8 Å². The summed E-state index contributed by atoms with van der Waals surface area (Å²) in [6.07, 6.45) is -0.490. The minimum absolute atomic E-state index is 0.0557. The third-order valence-corrected chi connectivity index (χ3v) is 9.08. The van der Waals surface area contributed by atoms with Crippen LogP contribution in [0.5, 0.6) is 0 Å². The largest absolute Gasteiger partial charge is 0.490 e. The maximum Gasteiger partial charge on any atom is 0.490 e. The van der Waals surface area contributed by atoms with E-state index in [1.807, 2.05) is 0 Å². The molecule has 0 radical (unpaired) electrons. The minimum Gasteiger partial charge on any atom is -0.387 e. The first-order valence-electron chi connectivity index (χ1n) is 8.90. The van der Waals surface area contributed by atoms with Gasteiger partial charge in [-0.1, -0.05) is 0 Å². The molecule has 1 aliphatic heterocycles. The average molecular weight is 533 g/mol. The summed E-state index contributed by atoms with van der Waals surface area (Å²) >= 11 is 0. The van der Waals surface area contributed by atoms with Gasteiger partial charge in [-0.3, -0.25) is 9.09 Å².